The summed E-state index contributed by atoms with van der Waals surface area (Å²) < 4.78 is 0. The number of nitrogens with one attached hydrogen (secondary N) is 1. The molecule has 1 aliphatic carbocycles. The van der Waals surface area contributed by atoms with E-state index in [1.54, 1.807) is 0 Å². The highest BCUT2D eigenvalue weighted by atomic mass is 35.5. The molecular weight excluding hydrogens is 320 g/mol. The minimum atomic E-state index is -0.0274. The van der Waals surface area contributed by atoms with Crippen molar-refractivity contribution in [1.82, 2.24) is 5.32 Å². The number of halogens is 1. The smallest absolute Gasteiger partial charge is 0.251 e. The third-order valence-corrected chi connectivity index (χ3v) is 4.99. The van der Waals surface area contributed by atoms with Crippen LogP contribution < -0.4 is 11.1 Å². The van der Waals surface area contributed by atoms with Gasteiger partial charge >= 0.3 is 0 Å². The summed E-state index contributed by atoms with van der Waals surface area (Å²) in [5.41, 5.74) is 8.49. The summed E-state index contributed by atoms with van der Waals surface area (Å²) in [5.74, 6) is 0.507. The van der Waals surface area contributed by atoms with Crippen LogP contribution in [0.4, 0.5) is 0 Å². The molecule has 4 heteroatoms. The summed E-state index contributed by atoms with van der Waals surface area (Å²) in [6.07, 6.45) is 4.30. The van der Waals surface area contributed by atoms with Crippen LogP contribution in [0.2, 0.25) is 5.02 Å². The second-order valence-electron chi connectivity index (χ2n) is 6.55. The highest BCUT2D eigenvalue weighted by molar-refractivity contribution is 6.30. The van der Waals surface area contributed by atoms with E-state index in [-0.39, 0.29) is 5.91 Å². The van der Waals surface area contributed by atoms with Gasteiger partial charge in [0.15, 0.2) is 0 Å². The van der Waals surface area contributed by atoms with Crippen molar-refractivity contribution in [3.8, 4) is 11.1 Å². The molecule has 24 heavy (non-hydrogen) atoms. The number of benzene rings is 2. The van der Waals surface area contributed by atoms with Crippen LogP contribution in [0, 0.1) is 5.92 Å². The van der Waals surface area contributed by atoms with Crippen molar-refractivity contribution in [3.63, 3.8) is 0 Å². The molecule has 0 atom stereocenters. The molecule has 0 saturated heterocycles. The fraction of sp³-hybridized carbons (Fsp3) is 0.350. The lowest BCUT2D eigenvalue weighted by atomic mass is 9.86. The average Bonchev–Trinajstić information content (AvgIpc) is 2.61. The number of carbonyl (C=O) groups excluding carboxylic acids is 1. The van der Waals surface area contributed by atoms with Crippen LogP contribution in [-0.4, -0.2) is 18.5 Å². The molecule has 0 unspecified atom stereocenters. The van der Waals surface area contributed by atoms with Gasteiger partial charge in [0.2, 0.25) is 0 Å². The number of nitrogens with two attached hydrogens (primary N) is 1. The van der Waals surface area contributed by atoms with Crippen molar-refractivity contribution in [2.24, 2.45) is 11.7 Å². The third-order valence-electron chi connectivity index (χ3n) is 4.75. The Morgan fingerprint density at radius 3 is 2.58 bits per heavy atom. The topological polar surface area (TPSA) is 55.1 Å². The quantitative estimate of drug-likeness (QED) is 0.872. The van der Waals surface area contributed by atoms with Crippen LogP contribution in [0.3, 0.4) is 0 Å². The Hall–Kier alpha value is -1.84. The zero-order valence-corrected chi connectivity index (χ0v) is 14.4. The summed E-state index contributed by atoms with van der Waals surface area (Å²) in [4.78, 5) is 12.7. The first-order valence-electron chi connectivity index (χ1n) is 8.52. The number of amides is 1. The number of hydrogen-bond acceptors (Lipinski definition) is 2. The Morgan fingerprint density at radius 2 is 1.83 bits per heavy atom. The van der Waals surface area contributed by atoms with Crippen LogP contribution in [0.1, 0.15) is 36.0 Å². The summed E-state index contributed by atoms with van der Waals surface area (Å²) in [6.45, 7) is 0.718. The van der Waals surface area contributed by atoms with Gasteiger partial charge in [0.1, 0.15) is 0 Å². The summed E-state index contributed by atoms with van der Waals surface area (Å²) >= 11 is 6.09. The Kier molecular flexibility index (Phi) is 5.54. The highest BCUT2D eigenvalue weighted by Gasteiger charge is 2.20. The van der Waals surface area contributed by atoms with Crippen LogP contribution >= 0.6 is 11.6 Å². The first kappa shape index (κ1) is 17.0. The van der Waals surface area contributed by atoms with Crippen molar-refractivity contribution in [1.29, 1.82) is 0 Å². The lowest BCUT2D eigenvalue weighted by Crippen LogP contribution is -2.34. The van der Waals surface area contributed by atoms with Crippen molar-refractivity contribution in [2.45, 2.75) is 31.7 Å². The highest BCUT2D eigenvalue weighted by Crippen LogP contribution is 2.27. The van der Waals surface area contributed by atoms with Gasteiger partial charge in [0.25, 0.3) is 5.91 Å². The molecule has 2 aromatic rings. The predicted octanol–water partition coefficient (Wildman–Crippen LogP) is 4.25. The monoisotopic (exact) mass is 342 g/mol. The largest absolute Gasteiger partial charge is 0.352 e. The molecule has 0 radical (unpaired) electrons. The van der Waals surface area contributed by atoms with Crippen LogP contribution in [-0.2, 0) is 0 Å². The first-order valence-corrected chi connectivity index (χ1v) is 8.90. The average molecular weight is 343 g/mol. The number of rotatable bonds is 4. The summed E-state index contributed by atoms with van der Waals surface area (Å²) in [7, 11) is 0. The van der Waals surface area contributed by atoms with Gasteiger partial charge in [-0.15, -0.1) is 0 Å². The molecule has 0 aromatic heterocycles. The maximum absolute atomic E-state index is 12.7. The van der Waals surface area contributed by atoms with E-state index in [0.717, 1.165) is 43.4 Å². The molecular formula is C20H23ClN2O. The van der Waals surface area contributed by atoms with Gasteiger partial charge in [0.05, 0.1) is 0 Å². The van der Waals surface area contributed by atoms with E-state index in [9.17, 15) is 4.79 Å². The van der Waals surface area contributed by atoms with E-state index in [0.29, 0.717) is 22.5 Å². The molecule has 3 nitrogen and oxygen atoms in total. The van der Waals surface area contributed by atoms with Gasteiger partial charge in [-0.25, -0.2) is 0 Å². The molecule has 0 aliphatic heterocycles. The molecule has 0 bridgehead atoms. The van der Waals surface area contributed by atoms with Crippen molar-refractivity contribution < 1.29 is 4.79 Å². The standard InChI is InChI=1S/C20H23ClN2O/c21-16-5-3-4-15(12-16)18-6-1-2-7-19(18)20(24)23-13-14-8-10-17(22)11-9-14/h1-7,12,14,17H,8-11,13,22H2,(H,23,24). The second-order valence-corrected chi connectivity index (χ2v) is 6.98. The molecule has 1 fully saturated rings. The Labute approximate surface area is 148 Å². The minimum absolute atomic E-state index is 0.0274. The molecule has 1 saturated carbocycles. The third kappa shape index (κ3) is 4.16. The SMILES string of the molecule is NC1CCC(CNC(=O)c2ccccc2-c2cccc(Cl)c2)CC1. The Balaban J connectivity index is 1.71. The van der Waals surface area contributed by atoms with Crippen molar-refractivity contribution in [3.05, 3.63) is 59.1 Å². The van der Waals surface area contributed by atoms with Gasteiger partial charge in [-0.3, -0.25) is 4.79 Å². The second kappa shape index (κ2) is 7.82. The normalized spacial score (nSPS) is 20.6. The van der Waals surface area contributed by atoms with Gasteiger partial charge in [0, 0.05) is 23.2 Å². The molecule has 3 N–H and O–H groups in total. The van der Waals surface area contributed by atoms with Crippen molar-refractivity contribution >= 4 is 17.5 Å². The maximum Gasteiger partial charge on any atom is 0.251 e. The zero-order valence-electron chi connectivity index (χ0n) is 13.7. The van der Waals surface area contributed by atoms with E-state index in [4.69, 9.17) is 17.3 Å². The van der Waals surface area contributed by atoms with Crippen LogP contribution in [0.5, 0.6) is 0 Å². The van der Waals surface area contributed by atoms with Gasteiger partial charge < -0.3 is 11.1 Å². The first-order chi connectivity index (χ1) is 11.6. The molecule has 3 rings (SSSR count). The van der Waals surface area contributed by atoms with Crippen LogP contribution in [0.15, 0.2) is 48.5 Å². The fourth-order valence-electron chi connectivity index (χ4n) is 3.31. The number of carbonyl (C=O) groups is 1. The molecule has 126 valence electrons. The van der Waals surface area contributed by atoms with Gasteiger partial charge in [-0.05, 0) is 60.9 Å². The van der Waals surface area contributed by atoms with Gasteiger partial charge in [-0.2, -0.15) is 0 Å². The lowest BCUT2D eigenvalue weighted by molar-refractivity contribution is 0.0943. The molecule has 1 amide bonds. The van der Waals surface area contributed by atoms with Gasteiger partial charge in [-0.1, -0.05) is 41.9 Å². The van der Waals surface area contributed by atoms with E-state index < -0.39 is 0 Å². The van der Waals surface area contributed by atoms with Crippen LogP contribution in [0.25, 0.3) is 11.1 Å². The maximum atomic E-state index is 12.7. The van der Waals surface area contributed by atoms with Crippen molar-refractivity contribution in [2.75, 3.05) is 6.54 Å². The molecule has 1 aliphatic rings. The number of hydrogen-bond donors (Lipinski definition) is 2. The van der Waals surface area contributed by atoms with E-state index >= 15 is 0 Å². The lowest BCUT2D eigenvalue weighted by Gasteiger charge is -2.26. The Morgan fingerprint density at radius 1 is 1.08 bits per heavy atom. The zero-order chi connectivity index (χ0) is 16.9. The minimum Gasteiger partial charge on any atom is -0.352 e. The van der Waals surface area contributed by atoms with E-state index in [1.807, 2.05) is 48.5 Å². The molecule has 0 heterocycles. The fourth-order valence-corrected chi connectivity index (χ4v) is 3.50. The Bertz CT molecular complexity index is 708. The van der Waals surface area contributed by atoms with E-state index in [1.165, 1.54) is 0 Å². The van der Waals surface area contributed by atoms with E-state index in [2.05, 4.69) is 5.32 Å². The molecule has 2 aromatic carbocycles. The summed E-state index contributed by atoms with van der Waals surface area (Å²) in [5, 5.41) is 3.76. The predicted molar refractivity (Wildman–Crippen MR) is 99.2 cm³/mol. The molecule has 0 spiro atoms. The summed E-state index contributed by atoms with van der Waals surface area (Å²) in [6, 6.07) is 15.6.